The van der Waals surface area contributed by atoms with Gasteiger partial charge in [0.15, 0.2) is 11.5 Å². The molecule has 2 aromatic carbocycles. The number of ether oxygens (including phenoxy) is 2. The maximum atomic E-state index is 11.7. The molecular formula is C19H21NO4. The lowest BCUT2D eigenvalue weighted by Gasteiger charge is -2.23. The summed E-state index contributed by atoms with van der Waals surface area (Å²) < 4.78 is 10.6. The molecule has 0 aliphatic heterocycles. The Morgan fingerprint density at radius 2 is 1.75 bits per heavy atom. The van der Waals surface area contributed by atoms with Gasteiger partial charge < -0.3 is 9.47 Å². The van der Waals surface area contributed by atoms with Crippen LogP contribution in [0.15, 0.2) is 36.4 Å². The van der Waals surface area contributed by atoms with Gasteiger partial charge in [0.1, 0.15) is 0 Å². The lowest BCUT2D eigenvalue weighted by atomic mass is 9.82. The Hall–Kier alpha value is -2.53. The molecule has 2 aromatic rings. The van der Waals surface area contributed by atoms with Crippen molar-refractivity contribution >= 4 is 5.91 Å². The molecule has 24 heavy (non-hydrogen) atoms. The molecule has 1 amide bonds. The van der Waals surface area contributed by atoms with Gasteiger partial charge in [0.05, 0.1) is 14.2 Å². The van der Waals surface area contributed by atoms with Gasteiger partial charge in [-0.15, -0.1) is 0 Å². The van der Waals surface area contributed by atoms with Gasteiger partial charge in [0.25, 0.3) is 0 Å². The number of hydrogen-bond donors (Lipinski definition) is 2. The molecule has 2 N–H and O–H groups in total. The first-order valence-electron chi connectivity index (χ1n) is 7.94. The minimum Gasteiger partial charge on any atom is -0.493 e. The van der Waals surface area contributed by atoms with E-state index < -0.39 is 0 Å². The second-order valence-corrected chi connectivity index (χ2v) is 5.97. The van der Waals surface area contributed by atoms with Crippen LogP contribution in [-0.2, 0) is 17.6 Å². The van der Waals surface area contributed by atoms with Crippen LogP contribution in [0.3, 0.4) is 0 Å². The molecule has 0 heterocycles. The van der Waals surface area contributed by atoms with Crippen molar-refractivity contribution in [2.75, 3.05) is 14.2 Å². The molecule has 3 rings (SSSR count). The van der Waals surface area contributed by atoms with E-state index >= 15 is 0 Å². The summed E-state index contributed by atoms with van der Waals surface area (Å²) in [6.45, 7) is 0. The van der Waals surface area contributed by atoms with Crippen molar-refractivity contribution < 1.29 is 19.5 Å². The Bertz CT molecular complexity index is 757. The average molecular weight is 327 g/mol. The van der Waals surface area contributed by atoms with Crippen molar-refractivity contribution in [3.63, 3.8) is 0 Å². The third-order valence-electron chi connectivity index (χ3n) is 4.63. The minimum atomic E-state index is -0.308. The normalized spacial score (nSPS) is 16.2. The molecule has 0 bridgehead atoms. The molecule has 5 nitrogen and oxygen atoms in total. The molecule has 1 aliphatic rings. The van der Waals surface area contributed by atoms with Crippen LogP contribution in [0.1, 0.15) is 17.5 Å². The zero-order chi connectivity index (χ0) is 17.1. The number of nitrogens with one attached hydrogen (secondary N) is 1. The van der Waals surface area contributed by atoms with Crippen molar-refractivity contribution in [1.82, 2.24) is 5.48 Å². The molecule has 0 radical (unpaired) electrons. The van der Waals surface area contributed by atoms with Gasteiger partial charge in [-0.05, 0) is 53.6 Å². The highest BCUT2D eigenvalue weighted by atomic mass is 16.5. The van der Waals surface area contributed by atoms with E-state index in [0.29, 0.717) is 17.9 Å². The number of rotatable bonds is 4. The van der Waals surface area contributed by atoms with Crippen LogP contribution < -0.4 is 15.0 Å². The Labute approximate surface area is 141 Å². The van der Waals surface area contributed by atoms with Gasteiger partial charge in [-0.25, -0.2) is 5.48 Å². The van der Waals surface area contributed by atoms with Gasteiger partial charge in [-0.2, -0.15) is 0 Å². The summed E-state index contributed by atoms with van der Waals surface area (Å²) in [4.78, 5) is 11.7. The van der Waals surface area contributed by atoms with Crippen LogP contribution in [-0.4, -0.2) is 25.3 Å². The molecule has 0 fully saturated rings. The van der Waals surface area contributed by atoms with E-state index in [0.717, 1.165) is 29.5 Å². The standard InChI is InChI=1S/C19H21NO4/c1-23-17-8-7-14(11-18(17)24-2)13-5-3-12-4-6-15(19(21)20-22)10-16(12)9-13/h3,5,7-9,11,15,22H,4,6,10H2,1-2H3,(H,20,21). The zero-order valence-corrected chi connectivity index (χ0v) is 13.8. The molecule has 126 valence electrons. The van der Waals surface area contributed by atoms with Crippen LogP contribution in [0.25, 0.3) is 11.1 Å². The van der Waals surface area contributed by atoms with Crippen LogP contribution >= 0.6 is 0 Å². The number of carbonyl (C=O) groups excluding carboxylic acids is 1. The predicted octanol–water partition coefficient (Wildman–Crippen LogP) is 2.98. The molecule has 0 saturated carbocycles. The van der Waals surface area contributed by atoms with Crippen molar-refractivity contribution in [2.45, 2.75) is 19.3 Å². The van der Waals surface area contributed by atoms with Gasteiger partial charge in [-0.1, -0.05) is 24.3 Å². The van der Waals surface area contributed by atoms with E-state index in [9.17, 15) is 4.79 Å². The Morgan fingerprint density at radius 1 is 1.04 bits per heavy atom. The van der Waals surface area contributed by atoms with E-state index in [4.69, 9.17) is 14.7 Å². The second-order valence-electron chi connectivity index (χ2n) is 5.97. The molecule has 1 unspecified atom stereocenters. The fraction of sp³-hybridized carbons (Fsp3) is 0.316. The third-order valence-corrected chi connectivity index (χ3v) is 4.63. The summed E-state index contributed by atoms with van der Waals surface area (Å²) in [5, 5.41) is 8.85. The maximum Gasteiger partial charge on any atom is 0.246 e. The molecule has 5 heteroatoms. The lowest BCUT2D eigenvalue weighted by molar-refractivity contribution is -0.133. The van der Waals surface area contributed by atoms with E-state index in [1.807, 2.05) is 18.2 Å². The van der Waals surface area contributed by atoms with Crippen LogP contribution in [0.2, 0.25) is 0 Å². The SMILES string of the molecule is COc1ccc(-c2ccc3c(c2)CC(C(=O)NO)CC3)cc1OC. The smallest absolute Gasteiger partial charge is 0.246 e. The number of amides is 1. The summed E-state index contributed by atoms with van der Waals surface area (Å²) in [5.41, 5.74) is 6.29. The largest absolute Gasteiger partial charge is 0.493 e. The second kappa shape index (κ2) is 6.93. The monoisotopic (exact) mass is 327 g/mol. The van der Waals surface area contributed by atoms with Crippen LogP contribution in [0.5, 0.6) is 11.5 Å². The van der Waals surface area contributed by atoms with Gasteiger partial charge in [0, 0.05) is 5.92 Å². The van der Waals surface area contributed by atoms with Crippen molar-refractivity contribution in [2.24, 2.45) is 5.92 Å². The maximum absolute atomic E-state index is 11.7. The fourth-order valence-corrected chi connectivity index (χ4v) is 3.27. The Kier molecular flexibility index (Phi) is 4.71. The first-order valence-corrected chi connectivity index (χ1v) is 7.94. The highest BCUT2D eigenvalue weighted by Crippen LogP contribution is 2.34. The third kappa shape index (κ3) is 3.08. The molecule has 0 spiro atoms. The van der Waals surface area contributed by atoms with Gasteiger partial charge in [0.2, 0.25) is 5.91 Å². The summed E-state index contributed by atoms with van der Waals surface area (Å²) >= 11 is 0. The first-order chi connectivity index (χ1) is 11.7. The molecule has 1 aliphatic carbocycles. The van der Waals surface area contributed by atoms with E-state index in [1.165, 1.54) is 5.56 Å². The predicted molar refractivity (Wildman–Crippen MR) is 90.4 cm³/mol. The number of methoxy groups -OCH3 is 2. The number of fused-ring (bicyclic) bond motifs is 1. The van der Waals surface area contributed by atoms with Crippen LogP contribution in [0.4, 0.5) is 0 Å². The van der Waals surface area contributed by atoms with Gasteiger partial charge in [-0.3, -0.25) is 10.0 Å². The van der Waals surface area contributed by atoms with E-state index in [-0.39, 0.29) is 11.8 Å². The molecular weight excluding hydrogens is 306 g/mol. The number of hydroxylamine groups is 1. The Morgan fingerprint density at radius 3 is 2.46 bits per heavy atom. The number of hydrogen-bond acceptors (Lipinski definition) is 4. The molecule has 0 saturated heterocycles. The zero-order valence-electron chi connectivity index (χ0n) is 13.8. The number of aryl methyl sites for hydroxylation is 1. The van der Waals surface area contributed by atoms with E-state index in [2.05, 4.69) is 18.2 Å². The summed E-state index contributed by atoms with van der Waals surface area (Å²) in [6, 6.07) is 12.1. The molecule has 1 atom stereocenters. The number of benzene rings is 2. The topological polar surface area (TPSA) is 67.8 Å². The van der Waals surface area contributed by atoms with Crippen molar-refractivity contribution in [3.8, 4) is 22.6 Å². The average Bonchev–Trinajstić information content (AvgIpc) is 2.65. The highest BCUT2D eigenvalue weighted by molar-refractivity contribution is 5.78. The fourth-order valence-electron chi connectivity index (χ4n) is 3.27. The summed E-state index contributed by atoms with van der Waals surface area (Å²) in [6.07, 6.45) is 2.25. The lowest BCUT2D eigenvalue weighted by Crippen LogP contribution is -2.31. The Balaban J connectivity index is 1.93. The van der Waals surface area contributed by atoms with Crippen molar-refractivity contribution in [3.05, 3.63) is 47.5 Å². The van der Waals surface area contributed by atoms with Crippen molar-refractivity contribution in [1.29, 1.82) is 0 Å². The first kappa shape index (κ1) is 16.3. The summed E-state index contributed by atoms with van der Waals surface area (Å²) in [7, 11) is 3.23. The van der Waals surface area contributed by atoms with Crippen LogP contribution in [0, 0.1) is 5.92 Å². The van der Waals surface area contributed by atoms with Gasteiger partial charge >= 0.3 is 0 Å². The van der Waals surface area contributed by atoms with E-state index in [1.54, 1.807) is 19.7 Å². The quantitative estimate of drug-likeness (QED) is 0.669. The minimum absolute atomic E-state index is 0.178. The molecule has 0 aromatic heterocycles. The summed E-state index contributed by atoms with van der Waals surface area (Å²) in [5.74, 6) is 0.893. The number of carbonyl (C=O) groups is 1. The highest BCUT2D eigenvalue weighted by Gasteiger charge is 2.24.